The summed E-state index contributed by atoms with van der Waals surface area (Å²) in [7, 11) is 0. The summed E-state index contributed by atoms with van der Waals surface area (Å²) in [6.45, 7) is 3.72. The average molecular weight is 268 g/mol. The standard InChI is InChI=1S/C17H16O3/c1-10(2)14(18)9-15-13-8-7-11-5-3-4-6-12(11)16(13)17(19)20-15/h3-8,10,15H,9H2,1-2H3. The van der Waals surface area contributed by atoms with Crippen LogP contribution in [0.4, 0.5) is 0 Å². The predicted octanol–water partition coefficient (Wildman–Crippen LogP) is 3.67. The zero-order valence-electron chi connectivity index (χ0n) is 11.6. The molecule has 1 aliphatic heterocycles. The third kappa shape index (κ3) is 1.99. The fourth-order valence-corrected chi connectivity index (χ4v) is 2.61. The summed E-state index contributed by atoms with van der Waals surface area (Å²) >= 11 is 0. The fraction of sp³-hybridized carbons (Fsp3) is 0.294. The molecule has 0 aromatic heterocycles. The highest BCUT2D eigenvalue weighted by atomic mass is 16.5. The zero-order valence-corrected chi connectivity index (χ0v) is 11.6. The van der Waals surface area contributed by atoms with Gasteiger partial charge < -0.3 is 4.74 Å². The Bertz CT molecular complexity index is 700. The van der Waals surface area contributed by atoms with Gasteiger partial charge >= 0.3 is 5.97 Å². The van der Waals surface area contributed by atoms with E-state index in [2.05, 4.69) is 0 Å². The summed E-state index contributed by atoms with van der Waals surface area (Å²) in [6.07, 6.45) is -0.175. The van der Waals surface area contributed by atoms with Gasteiger partial charge in [0.2, 0.25) is 0 Å². The van der Waals surface area contributed by atoms with E-state index >= 15 is 0 Å². The van der Waals surface area contributed by atoms with Gasteiger partial charge in [-0.05, 0) is 10.8 Å². The van der Waals surface area contributed by atoms with Crippen molar-refractivity contribution in [2.75, 3.05) is 0 Å². The number of carbonyl (C=O) groups excluding carboxylic acids is 2. The van der Waals surface area contributed by atoms with Crippen LogP contribution in [0.2, 0.25) is 0 Å². The predicted molar refractivity (Wildman–Crippen MR) is 76.6 cm³/mol. The van der Waals surface area contributed by atoms with Crippen molar-refractivity contribution < 1.29 is 14.3 Å². The minimum Gasteiger partial charge on any atom is -0.453 e. The second-order valence-electron chi connectivity index (χ2n) is 5.47. The van der Waals surface area contributed by atoms with Crippen LogP contribution >= 0.6 is 0 Å². The van der Waals surface area contributed by atoms with Crippen LogP contribution in [0.5, 0.6) is 0 Å². The fourth-order valence-electron chi connectivity index (χ4n) is 2.61. The van der Waals surface area contributed by atoms with E-state index in [9.17, 15) is 9.59 Å². The number of benzene rings is 2. The monoisotopic (exact) mass is 268 g/mol. The maximum atomic E-state index is 12.1. The van der Waals surface area contributed by atoms with Crippen LogP contribution in [0, 0.1) is 5.92 Å². The van der Waals surface area contributed by atoms with E-state index in [-0.39, 0.29) is 24.1 Å². The van der Waals surface area contributed by atoms with Gasteiger partial charge in [-0.25, -0.2) is 4.79 Å². The first kappa shape index (κ1) is 12.9. The van der Waals surface area contributed by atoms with Crippen molar-refractivity contribution in [3.63, 3.8) is 0 Å². The number of cyclic esters (lactones) is 1. The number of hydrogen-bond acceptors (Lipinski definition) is 3. The van der Waals surface area contributed by atoms with Gasteiger partial charge in [-0.3, -0.25) is 4.79 Å². The molecular weight excluding hydrogens is 252 g/mol. The highest BCUT2D eigenvalue weighted by Gasteiger charge is 2.34. The third-order valence-corrected chi connectivity index (χ3v) is 3.79. The van der Waals surface area contributed by atoms with Crippen LogP contribution in [-0.4, -0.2) is 11.8 Å². The number of ether oxygens (including phenoxy) is 1. The number of Topliss-reactive ketones (excluding diaryl/α,β-unsaturated/α-hetero) is 1. The third-order valence-electron chi connectivity index (χ3n) is 3.79. The molecule has 2 aromatic rings. The number of carbonyl (C=O) groups is 2. The van der Waals surface area contributed by atoms with E-state index in [4.69, 9.17) is 4.74 Å². The summed E-state index contributed by atoms with van der Waals surface area (Å²) in [5.41, 5.74) is 1.45. The zero-order chi connectivity index (χ0) is 14.3. The molecule has 0 saturated heterocycles. The summed E-state index contributed by atoms with van der Waals surface area (Å²) in [5, 5.41) is 1.91. The first-order valence-corrected chi connectivity index (χ1v) is 6.83. The van der Waals surface area contributed by atoms with E-state index in [1.54, 1.807) is 0 Å². The van der Waals surface area contributed by atoms with Crippen molar-refractivity contribution >= 4 is 22.5 Å². The van der Waals surface area contributed by atoms with Gasteiger partial charge in [0.05, 0.1) is 5.56 Å². The molecule has 1 heterocycles. The second-order valence-corrected chi connectivity index (χ2v) is 5.47. The van der Waals surface area contributed by atoms with E-state index in [0.717, 1.165) is 16.3 Å². The minimum atomic E-state index is -0.433. The molecule has 2 aromatic carbocycles. The van der Waals surface area contributed by atoms with Crippen molar-refractivity contribution in [1.82, 2.24) is 0 Å². The van der Waals surface area contributed by atoms with Gasteiger partial charge in [0.25, 0.3) is 0 Å². The summed E-state index contributed by atoms with van der Waals surface area (Å²) in [4.78, 5) is 24.0. The van der Waals surface area contributed by atoms with Crippen LogP contribution in [0.15, 0.2) is 36.4 Å². The van der Waals surface area contributed by atoms with Crippen LogP contribution in [-0.2, 0) is 9.53 Å². The van der Waals surface area contributed by atoms with Crippen molar-refractivity contribution in [2.45, 2.75) is 26.4 Å². The quantitative estimate of drug-likeness (QED) is 0.798. The van der Waals surface area contributed by atoms with Gasteiger partial charge in [0.1, 0.15) is 11.9 Å². The molecular formula is C17H16O3. The normalized spacial score (nSPS) is 17.4. The van der Waals surface area contributed by atoms with E-state index < -0.39 is 6.10 Å². The summed E-state index contributed by atoms with van der Waals surface area (Å²) in [5.74, 6) is -0.250. The molecule has 0 amide bonds. The molecule has 0 saturated carbocycles. The van der Waals surface area contributed by atoms with Gasteiger partial charge in [-0.2, -0.15) is 0 Å². The Hall–Kier alpha value is -2.16. The van der Waals surface area contributed by atoms with E-state index in [1.165, 1.54) is 0 Å². The smallest absolute Gasteiger partial charge is 0.339 e. The Kier molecular flexibility index (Phi) is 3.05. The van der Waals surface area contributed by atoms with Crippen LogP contribution in [0.25, 0.3) is 10.8 Å². The molecule has 3 heteroatoms. The van der Waals surface area contributed by atoms with Crippen LogP contribution in [0.1, 0.15) is 42.3 Å². The van der Waals surface area contributed by atoms with Crippen molar-refractivity contribution in [2.24, 2.45) is 5.92 Å². The van der Waals surface area contributed by atoms with Gasteiger partial charge in [-0.15, -0.1) is 0 Å². The molecule has 0 spiro atoms. The molecule has 1 aliphatic rings. The molecule has 0 aliphatic carbocycles. The topological polar surface area (TPSA) is 43.4 Å². The molecule has 102 valence electrons. The van der Waals surface area contributed by atoms with E-state index in [1.807, 2.05) is 50.2 Å². The lowest BCUT2D eigenvalue weighted by Gasteiger charge is -2.11. The van der Waals surface area contributed by atoms with Crippen LogP contribution < -0.4 is 0 Å². The number of esters is 1. The molecule has 1 atom stereocenters. The maximum absolute atomic E-state index is 12.1. The first-order chi connectivity index (χ1) is 9.58. The summed E-state index contributed by atoms with van der Waals surface area (Å²) < 4.78 is 5.40. The molecule has 3 nitrogen and oxygen atoms in total. The summed E-state index contributed by atoms with van der Waals surface area (Å²) in [6, 6.07) is 11.6. The SMILES string of the molecule is CC(C)C(=O)CC1OC(=O)c2c1ccc1ccccc21. The first-order valence-electron chi connectivity index (χ1n) is 6.83. The van der Waals surface area contributed by atoms with Gasteiger partial charge in [0.15, 0.2) is 0 Å². The lowest BCUT2D eigenvalue weighted by molar-refractivity contribution is -0.123. The number of hydrogen-bond donors (Lipinski definition) is 0. The highest BCUT2D eigenvalue weighted by Crippen LogP contribution is 2.37. The molecule has 3 rings (SSSR count). The molecule has 20 heavy (non-hydrogen) atoms. The molecule has 0 N–H and O–H groups in total. The molecule has 1 unspecified atom stereocenters. The maximum Gasteiger partial charge on any atom is 0.339 e. The minimum absolute atomic E-state index is 0.0433. The molecule has 0 bridgehead atoms. The number of fused-ring (bicyclic) bond motifs is 3. The van der Waals surface area contributed by atoms with Crippen molar-refractivity contribution in [1.29, 1.82) is 0 Å². The second kappa shape index (κ2) is 4.75. The Balaban J connectivity index is 2.05. The lowest BCUT2D eigenvalue weighted by atomic mass is 9.94. The lowest BCUT2D eigenvalue weighted by Crippen LogP contribution is -2.12. The molecule has 0 radical (unpaired) electrons. The highest BCUT2D eigenvalue weighted by molar-refractivity contribution is 6.08. The van der Waals surface area contributed by atoms with Crippen molar-refractivity contribution in [3.05, 3.63) is 47.5 Å². The van der Waals surface area contributed by atoms with Crippen molar-refractivity contribution in [3.8, 4) is 0 Å². The Morgan fingerprint density at radius 1 is 1.20 bits per heavy atom. The van der Waals surface area contributed by atoms with E-state index in [0.29, 0.717) is 5.56 Å². The Labute approximate surface area is 117 Å². The largest absolute Gasteiger partial charge is 0.453 e. The Morgan fingerprint density at radius 2 is 1.95 bits per heavy atom. The average Bonchev–Trinajstić information content (AvgIpc) is 2.75. The molecule has 0 fully saturated rings. The van der Waals surface area contributed by atoms with Crippen LogP contribution in [0.3, 0.4) is 0 Å². The van der Waals surface area contributed by atoms with Gasteiger partial charge in [-0.1, -0.05) is 50.2 Å². The van der Waals surface area contributed by atoms with Gasteiger partial charge in [0, 0.05) is 17.9 Å². The number of ketones is 1. The Morgan fingerprint density at radius 3 is 2.70 bits per heavy atom. The number of rotatable bonds is 3.